The number of ether oxygens (including phenoxy) is 1. The third-order valence-electron chi connectivity index (χ3n) is 4.95. The van der Waals surface area contributed by atoms with E-state index in [4.69, 9.17) is 16.3 Å². The minimum atomic E-state index is -0.273. The molecule has 20 heavy (non-hydrogen) atoms. The summed E-state index contributed by atoms with van der Waals surface area (Å²) >= 11 is 5.80. The number of rotatable bonds is 4. The average Bonchev–Trinajstić information content (AvgIpc) is 2.92. The molecule has 0 heterocycles. The van der Waals surface area contributed by atoms with Gasteiger partial charge in [-0.1, -0.05) is 24.4 Å². The lowest BCUT2D eigenvalue weighted by atomic mass is 9.60. The molecule has 0 aromatic heterocycles. The first-order chi connectivity index (χ1) is 9.65. The van der Waals surface area contributed by atoms with Crippen LogP contribution in [0.1, 0.15) is 39.0 Å². The molecule has 2 unspecified atom stereocenters. The Balaban J connectivity index is 1.74. The van der Waals surface area contributed by atoms with E-state index in [1.54, 1.807) is 12.1 Å². The second-order valence-electron chi connectivity index (χ2n) is 5.94. The van der Waals surface area contributed by atoms with Crippen molar-refractivity contribution in [2.24, 2.45) is 5.41 Å². The summed E-state index contributed by atoms with van der Waals surface area (Å²) in [6.07, 6.45) is 6.18. The molecule has 1 spiro atoms. The maximum absolute atomic E-state index is 13.9. The Morgan fingerprint density at radius 2 is 2.15 bits per heavy atom. The molecule has 4 heteroatoms. The van der Waals surface area contributed by atoms with E-state index in [0.29, 0.717) is 22.9 Å². The third-order valence-corrected chi connectivity index (χ3v) is 5.18. The molecule has 1 N–H and O–H groups in total. The van der Waals surface area contributed by atoms with Gasteiger partial charge < -0.3 is 10.1 Å². The van der Waals surface area contributed by atoms with Crippen LogP contribution >= 0.6 is 11.6 Å². The van der Waals surface area contributed by atoms with E-state index in [1.165, 1.54) is 31.7 Å². The lowest BCUT2D eigenvalue weighted by molar-refractivity contribution is -0.114. The summed E-state index contributed by atoms with van der Waals surface area (Å²) in [5.74, 6) is -0.273. The maximum Gasteiger partial charge on any atom is 0.147 e. The lowest BCUT2D eigenvalue weighted by Crippen LogP contribution is -2.60. The topological polar surface area (TPSA) is 21.3 Å². The largest absolute Gasteiger partial charge is 0.379 e. The molecule has 0 saturated heterocycles. The molecule has 2 saturated carbocycles. The molecule has 2 atom stereocenters. The number of nitrogens with one attached hydrogen (secondary N) is 1. The molecule has 2 aliphatic rings. The van der Waals surface area contributed by atoms with E-state index in [9.17, 15) is 4.39 Å². The Hall–Kier alpha value is -0.800. The van der Waals surface area contributed by atoms with Gasteiger partial charge in [0.25, 0.3) is 0 Å². The molecule has 0 bridgehead atoms. The zero-order chi connectivity index (χ0) is 14.2. The molecule has 0 amide bonds. The highest BCUT2D eigenvalue weighted by Crippen LogP contribution is 2.55. The van der Waals surface area contributed by atoms with Crippen molar-refractivity contribution in [3.8, 4) is 0 Å². The number of halogens is 2. The van der Waals surface area contributed by atoms with Crippen molar-refractivity contribution >= 4 is 17.3 Å². The SMILES string of the molecule is CCOC1CC(Nc2ccc(Cl)cc2F)C12CCCC2. The molecule has 110 valence electrons. The number of anilines is 1. The highest BCUT2D eigenvalue weighted by atomic mass is 35.5. The molecular weight excluding hydrogens is 277 g/mol. The van der Waals surface area contributed by atoms with Crippen LogP contribution in [0.4, 0.5) is 10.1 Å². The van der Waals surface area contributed by atoms with Gasteiger partial charge in [-0.05, 0) is 44.4 Å². The normalized spacial score (nSPS) is 27.6. The summed E-state index contributed by atoms with van der Waals surface area (Å²) in [6, 6.07) is 5.14. The zero-order valence-electron chi connectivity index (χ0n) is 11.8. The van der Waals surface area contributed by atoms with Crippen LogP contribution in [0.2, 0.25) is 5.02 Å². The first-order valence-corrected chi connectivity index (χ1v) is 7.87. The number of hydrogen-bond donors (Lipinski definition) is 1. The lowest BCUT2D eigenvalue weighted by Gasteiger charge is -2.54. The van der Waals surface area contributed by atoms with Crippen LogP contribution in [0.5, 0.6) is 0 Å². The van der Waals surface area contributed by atoms with Gasteiger partial charge in [0, 0.05) is 23.1 Å². The minimum absolute atomic E-state index is 0.210. The van der Waals surface area contributed by atoms with Gasteiger partial charge in [0.2, 0.25) is 0 Å². The number of hydrogen-bond acceptors (Lipinski definition) is 2. The van der Waals surface area contributed by atoms with Gasteiger partial charge in [0.15, 0.2) is 0 Å². The van der Waals surface area contributed by atoms with Gasteiger partial charge in [-0.15, -0.1) is 0 Å². The van der Waals surface area contributed by atoms with Gasteiger partial charge in [0.1, 0.15) is 5.82 Å². The standard InChI is InChI=1S/C16H21ClFNO/c1-2-20-15-10-14(16(15)7-3-4-8-16)19-13-6-5-11(17)9-12(13)18/h5-6,9,14-15,19H,2-4,7-8,10H2,1H3. The van der Waals surface area contributed by atoms with E-state index < -0.39 is 0 Å². The second kappa shape index (κ2) is 5.53. The first kappa shape index (κ1) is 14.2. The summed E-state index contributed by atoms with van der Waals surface area (Å²) in [6.45, 7) is 2.80. The Labute approximate surface area is 124 Å². The van der Waals surface area contributed by atoms with Crippen molar-refractivity contribution in [1.29, 1.82) is 0 Å². The fourth-order valence-electron chi connectivity index (χ4n) is 3.88. The van der Waals surface area contributed by atoms with Crippen molar-refractivity contribution in [3.05, 3.63) is 29.0 Å². The van der Waals surface area contributed by atoms with E-state index in [0.717, 1.165) is 13.0 Å². The van der Waals surface area contributed by atoms with Crippen LogP contribution in [-0.2, 0) is 4.74 Å². The minimum Gasteiger partial charge on any atom is -0.379 e. The summed E-state index contributed by atoms with van der Waals surface area (Å²) in [7, 11) is 0. The molecule has 2 fully saturated rings. The predicted molar refractivity (Wildman–Crippen MR) is 79.8 cm³/mol. The fourth-order valence-corrected chi connectivity index (χ4v) is 4.04. The molecule has 1 aromatic carbocycles. The van der Waals surface area contributed by atoms with Gasteiger partial charge in [0.05, 0.1) is 11.8 Å². The quantitative estimate of drug-likeness (QED) is 0.875. The average molecular weight is 298 g/mol. The highest BCUT2D eigenvalue weighted by molar-refractivity contribution is 6.30. The first-order valence-electron chi connectivity index (χ1n) is 7.49. The van der Waals surface area contributed by atoms with Gasteiger partial charge in [-0.2, -0.15) is 0 Å². The Bertz CT molecular complexity index is 487. The summed E-state index contributed by atoms with van der Waals surface area (Å²) in [5.41, 5.74) is 0.767. The summed E-state index contributed by atoms with van der Waals surface area (Å²) < 4.78 is 19.8. The van der Waals surface area contributed by atoms with Crippen molar-refractivity contribution in [2.75, 3.05) is 11.9 Å². The zero-order valence-corrected chi connectivity index (χ0v) is 12.5. The Morgan fingerprint density at radius 3 is 2.80 bits per heavy atom. The summed E-state index contributed by atoms with van der Waals surface area (Å²) in [5, 5.41) is 3.82. The van der Waals surface area contributed by atoms with Crippen LogP contribution in [-0.4, -0.2) is 18.8 Å². The van der Waals surface area contributed by atoms with Crippen LogP contribution in [0.15, 0.2) is 18.2 Å². The smallest absolute Gasteiger partial charge is 0.147 e. The third kappa shape index (κ3) is 2.31. The number of benzene rings is 1. The maximum atomic E-state index is 13.9. The van der Waals surface area contributed by atoms with Crippen LogP contribution in [0.3, 0.4) is 0 Å². The van der Waals surface area contributed by atoms with E-state index >= 15 is 0 Å². The van der Waals surface area contributed by atoms with E-state index in [-0.39, 0.29) is 11.2 Å². The molecule has 0 radical (unpaired) electrons. The molecular formula is C16H21ClFNO. The monoisotopic (exact) mass is 297 g/mol. The Kier molecular flexibility index (Phi) is 3.91. The summed E-state index contributed by atoms with van der Waals surface area (Å²) in [4.78, 5) is 0. The van der Waals surface area contributed by atoms with Crippen LogP contribution in [0, 0.1) is 11.2 Å². The van der Waals surface area contributed by atoms with Crippen molar-refractivity contribution in [2.45, 2.75) is 51.2 Å². The van der Waals surface area contributed by atoms with Crippen LogP contribution in [0.25, 0.3) is 0 Å². The molecule has 0 aliphatic heterocycles. The molecule has 1 aromatic rings. The van der Waals surface area contributed by atoms with E-state index in [2.05, 4.69) is 5.32 Å². The van der Waals surface area contributed by atoms with Gasteiger partial charge in [-0.25, -0.2) is 4.39 Å². The highest BCUT2D eigenvalue weighted by Gasteiger charge is 2.56. The second-order valence-corrected chi connectivity index (χ2v) is 6.38. The molecule has 2 aliphatic carbocycles. The Morgan fingerprint density at radius 1 is 1.40 bits per heavy atom. The van der Waals surface area contributed by atoms with Crippen molar-refractivity contribution in [1.82, 2.24) is 0 Å². The van der Waals surface area contributed by atoms with Gasteiger partial charge >= 0.3 is 0 Å². The van der Waals surface area contributed by atoms with Crippen LogP contribution < -0.4 is 5.32 Å². The molecule has 2 nitrogen and oxygen atoms in total. The van der Waals surface area contributed by atoms with E-state index in [1.807, 2.05) is 6.92 Å². The predicted octanol–water partition coefficient (Wildman–Crippen LogP) is 4.63. The molecule has 3 rings (SSSR count). The fraction of sp³-hybridized carbons (Fsp3) is 0.625. The van der Waals surface area contributed by atoms with Crippen molar-refractivity contribution < 1.29 is 9.13 Å². The van der Waals surface area contributed by atoms with Crippen molar-refractivity contribution in [3.63, 3.8) is 0 Å². The van der Waals surface area contributed by atoms with Gasteiger partial charge in [-0.3, -0.25) is 0 Å².